The van der Waals surface area contributed by atoms with Gasteiger partial charge in [0, 0.05) is 28.6 Å². The molecule has 0 aliphatic heterocycles. The van der Waals surface area contributed by atoms with Crippen molar-refractivity contribution in [3.05, 3.63) is 71.5 Å². The van der Waals surface area contributed by atoms with Gasteiger partial charge < -0.3 is 15.4 Å². The second kappa shape index (κ2) is 8.49. The van der Waals surface area contributed by atoms with Gasteiger partial charge in [0.1, 0.15) is 5.75 Å². The zero-order valence-corrected chi connectivity index (χ0v) is 18.8. The summed E-state index contributed by atoms with van der Waals surface area (Å²) < 4.78 is 7.09. The van der Waals surface area contributed by atoms with Crippen LogP contribution in [0.2, 0.25) is 0 Å². The van der Waals surface area contributed by atoms with Crippen LogP contribution in [-0.4, -0.2) is 28.7 Å². The molecule has 1 aromatic heterocycles. The summed E-state index contributed by atoms with van der Waals surface area (Å²) in [6.07, 6.45) is 2.28. The second-order valence-electron chi connectivity index (χ2n) is 9.03. The molecular formula is C25H28N4O3. The highest BCUT2D eigenvalue weighted by Crippen LogP contribution is 2.41. The number of anilines is 2. The molecule has 0 atom stereocenters. The Hall–Kier alpha value is -3.61. The van der Waals surface area contributed by atoms with Crippen LogP contribution in [0.5, 0.6) is 5.75 Å². The van der Waals surface area contributed by atoms with E-state index in [-0.39, 0.29) is 17.4 Å². The van der Waals surface area contributed by atoms with Gasteiger partial charge in [0.2, 0.25) is 0 Å². The van der Waals surface area contributed by atoms with Crippen molar-refractivity contribution < 1.29 is 14.3 Å². The normalized spacial score (nSPS) is 13.5. The Kier molecular flexibility index (Phi) is 5.74. The molecule has 166 valence electrons. The molecule has 0 saturated heterocycles. The second-order valence-corrected chi connectivity index (χ2v) is 9.03. The van der Waals surface area contributed by atoms with Crippen LogP contribution in [0.1, 0.15) is 66.1 Å². The molecule has 2 aromatic carbocycles. The predicted molar refractivity (Wildman–Crippen MR) is 125 cm³/mol. The van der Waals surface area contributed by atoms with Crippen molar-refractivity contribution in [1.29, 1.82) is 0 Å². The Morgan fingerprint density at radius 2 is 1.50 bits per heavy atom. The highest BCUT2D eigenvalue weighted by atomic mass is 16.5. The molecule has 2 amide bonds. The minimum atomic E-state index is -0.259. The van der Waals surface area contributed by atoms with Gasteiger partial charge in [0.05, 0.1) is 12.6 Å². The highest BCUT2D eigenvalue weighted by Gasteiger charge is 2.32. The Morgan fingerprint density at radius 1 is 0.938 bits per heavy atom. The third-order valence-electron chi connectivity index (χ3n) is 5.35. The quantitative estimate of drug-likeness (QED) is 0.572. The largest absolute Gasteiger partial charge is 0.497 e. The van der Waals surface area contributed by atoms with Crippen LogP contribution in [0.15, 0.2) is 54.6 Å². The lowest BCUT2D eigenvalue weighted by molar-refractivity contribution is 0.101. The number of carbonyl (C=O) groups excluding carboxylic acids is 2. The van der Waals surface area contributed by atoms with Crippen LogP contribution in [0, 0.1) is 0 Å². The molecule has 2 N–H and O–H groups in total. The number of amides is 2. The Labute approximate surface area is 187 Å². The van der Waals surface area contributed by atoms with Crippen molar-refractivity contribution in [3.63, 3.8) is 0 Å². The van der Waals surface area contributed by atoms with E-state index >= 15 is 0 Å². The topological polar surface area (TPSA) is 85.3 Å². The van der Waals surface area contributed by atoms with Gasteiger partial charge in [0.15, 0.2) is 5.69 Å². The third-order valence-corrected chi connectivity index (χ3v) is 5.35. The van der Waals surface area contributed by atoms with Crippen LogP contribution < -0.4 is 15.4 Å². The zero-order chi connectivity index (χ0) is 22.9. The predicted octanol–water partition coefficient (Wildman–Crippen LogP) is 5.03. The van der Waals surface area contributed by atoms with Crippen LogP contribution in [0.25, 0.3) is 0 Å². The molecule has 0 bridgehead atoms. The lowest BCUT2D eigenvalue weighted by atomic mass is 10.1. The van der Waals surface area contributed by atoms with E-state index in [1.54, 1.807) is 55.6 Å². The van der Waals surface area contributed by atoms with Crippen molar-refractivity contribution in [2.24, 2.45) is 0 Å². The van der Waals surface area contributed by atoms with Crippen LogP contribution in [-0.2, 0) is 5.54 Å². The first-order valence-electron chi connectivity index (χ1n) is 10.7. The Bertz CT molecular complexity index is 1120. The molecule has 1 aliphatic rings. The van der Waals surface area contributed by atoms with Gasteiger partial charge in [-0.1, -0.05) is 0 Å². The summed E-state index contributed by atoms with van der Waals surface area (Å²) in [6, 6.07) is 15.8. The summed E-state index contributed by atoms with van der Waals surface area (Å²) in [4.78, 5) is 25.3. The number of nitrogens with zero attached hydrogens (tertiary/aromatic N) is 2. The van der Waals surface area contributed by atoms with Gasteiger partial charge in [-0.3, -0.25) is 14.3 Å². The Morgan fingerprint density at radius 3 is 2.03 bits per heavy atom. The number of hydrogen-bond donors (Lipinski definition) is 2. The molecule has 3 aromatic rings. The SMILES string of the molecule is COc1ccc(NC(=O)c2ccc(NC(=O)c3cc(C4CC4)n(C(C)(C)C)n3)cc2)cc1. The van der Waals surface area contributed by atoms with Gasteiger partial charge in [-0.15, -0.1) is 0 Å². The summed E-state index contributed by atoms with van der Waals surface area (Å²) >= 11 is 0. The molecule has 1 fully saturated rings. The molecule has 4 rings (SSSR count). The van der Waals surface area contributed by atoms with E-state index in [2.05, 4.69) is 36.5 Å². The fourth-order valence-corrected chi connectivity index (χ4v) is 3.49. The smallest absolute Gasteiger partial charge is 0.276 e. The standard InChI is InChI=1S/C25H28N4O3/c1-25(2,3)29-22(16-5-6-16)15-21(28-29)24(31)27-18-9-7-17(8-10-18)23(30)26-19-11-13-20(32-4)14-12-19/h7-16H,5-6H2,1-4H3,(H,26,30)(H,27,31). The van der Waals surface area contributed by atoms with E-state index in [1.165, 1.54) is 0 Å². The van der Waals surface area contributed by atoms with E-state index in [0.717, 1.165) is 24.3 Å². The van der Waals surface area contributed by atoms with E-state index < -0.39 is 0 Å². The van der Waals surface area contributed by atoms with Crippen molar-refractivity contribution in [1.82, 2.24) is 9.78 Å². The molecule has 1 aliphatic carbocycles. The van der Waals surface area contributed by atoms with Crippen molar-refractivity contribution >= 4 is 23.2 Å². The summed E-state index contributed by atoms with van der Waals surface area (Å²) in [7, 11) is 1.59. The molecule has 0 unspecified atom stereocenters. The summed E-state index contributed by atoms with van der Waals surface area (Å²) in [5, 5.41) is 10.3. The maximum absolute atomic E-state index is 12.8. The van der Waals surface area contributed by atoms with Gasteiger partial charge in [-0.25, -0.2) is 0 Å². The number of nitrogens with one attached hydrogen (secondary N) is 2. The number of ether oxygens (including phenoxy) is 1. The fourth-order valence-electron chi connectivity index (χ4n) is 3.49. The van der Waals surface area contributed by atoms with Crippen molar-refractivity contribution in [2.45, 2.75) is 45.1 Å². The van der Waals surface area contributed by atoms with Crippen LogP contribution in [0.4, 0.5) is 11.4 Å². The average molecular weight is 433 g/mol. The molecule has 7 heteroatoms. The summed E-state index contributed by atoms with van der Waals surface area (Å²) in [6.45, 7) is 6.26. The molecule has 32 heavy (non-hydrogen) atoms. The fraction of sp³-hybridized carbons (Fsp3) is 0.320. The molecule has 0 spiro atoms. The maximum Gasteiger partial charge on any atom is 0.276 e. The number of aromatic nitrogens is 2. The number of hydrogen-bond acceptors (Lipinski definition) is 4. The Balaban J connectivity index is 1.42. The van der Waals surface area contributed by atoms with E-state index in [9.17, 15) is 9.59 Å². The number of methoxy groups -OCH3 is 1. The van der Waals surface area contributed by atoms with E-state index in [0.29, 0.717) is 28.6 Å². The van der Waals surface area contributed by atoms with Gasteiger partial charge in [-0.05, 0) is 88.2 Å². The molecule has 7 nitrogen and oxygen atoms in total. The molecule has 1 saturated carbocycles. The molecule has 0 radical (unpaired) electrons. The third kappa shape index (κ3) is 4.82. The van der Waals surface area contributed by atoms with E-state index in [4.69, 9.17) is 4.74 Å². The summed E-state index contributed by atoms with van der Waals surface area (Å²) in [5.41, 5.74) is 3.11. The van der Waals surface area contributed by atoms with Gasteiger partial charge in [-0.2, -0.15) is 5.10 Å². The lowest BCUT2D eigenvalue weighted by Gasteiger charge is -2.22. The molecular weight excluding hydrogens is 404 g/mol. The number of rotatable bonds is 6. The maximum atomic E-state index is 12.8. The van der Waals surface area contributed by atoms with Gasteiger partial charge >= 0.3 is 0 Å². The minimum Gasteiger partial charge on any atom is -0.497 e. The average Bonchev–Trinajstić information content (AvgIpc) is 3.51. The monoisotopic (exact) mass is 432 g/mol. The minimum absolute atomic E-state index is 0.185. The lowest BCUT2D eigenvalue weighted by Crippen LogP contribution is -2.25. The highest BCUT2D eigenvalue weighted by molar-refractivity contribution is 6.05. The molecule has 1 heterocycles. The van der Waals surface area contributed by atoms with E-state index in [1.807, 2.05) is 10.7 Å². The first-order valence-corrected chi connectivity index (χ1v) is 10.7. The van der Waals surface area contributed by atoms with Crippen molar-refractivity contribution in [3.8, 4) is 5.75 Å². The number of carbonyl (C=O) groups is 2. The van der Waals surface area contributed by atoms with Crippen molar-refractivity contribution in [2.75, 3.05) is 17.7 Å². The first-order chi connectivity index (χ1) is 15.2. The summed E-state index contributed by atoms with van der Waals surface area (Å²) in [5.74, 6) is 0.725. The first kappa shape index (κ1) is 21.6. The number of benzene rings is 2. The van der Waals surface area contributed by atoms with Crippen LogP contribution >= 0.6 is 0 Å². The zero-order valence-electron chi connectivity index (χ0n) is 18.8. The van der Waals surface area contributed by atoms with Gasteiger partial charge in [0.25, 0.3) is 11.8 Å². The van der Waals surface area contributed by atoms with Crippen LogP contribution in [0.3, 0.4) is 0 Å².